The number of hydrogen-bond donors (Lipinski definition) is 1. The van der Waals surface area contributed by atoms with E-state index in [0.717, 1.165) is 28.4 Å². The van der Waals surface area contributed by atoms with Crippen molar-refractivity contribution in [3.8, 4) is 0 Å². The van der Waals surface area contributed by atoms with Crippen LogP contribution in [0.1, 0.15) is 24.3 Å². The van der Waals surface area contributed by atoms with Gasteiger partial charge in [0.2, 0.25) is 11.9 Å². The Morgan fingerprint density at radius 1 is 1.09 bits per heavy atom. The Bertz CT molecular complexity index is 1670. The molecule has 44 heavy (non-hydrogen) atoms. The Hall–Kier alpha value is -3.84. The molecule has 1 amide bonds. The molecule has 1 N–H and O–H groups in total. The highest BCUT2D eigenvalue weighted by Gasteiger charge is 2.33. The molecule has 3 aliphatic rings. The smallest absolute Gasteiger partial charge is 0.245 e. The molecule has 0 radical (unpaired) electrons. The third kappa shape index (κ3) is 6.34. The number of methoxy groups -OCH3 is 1. The van der Waals surface area contributed by atoms with Gasteiger partial charge in [-0.2, -0.15) is 4.98 Å². The average molecular weight is 624 g/mol. The van der Waals surface area contributed by atoms with Crippen molar-refractivity contribution in [1.82, 2.24) is 19.9 Å². The van der Waals surface area contributed by atoms with Gasteiger partial charge >= 0.3 is 0 Å². The molecule has 3 atom stereocenters. The highest BCUT2D eigenvalue weighted by Crippen LogP contribution is 2.39. The number of likely N-dealkylation sites (tertiary alicyclic amines) is 1. The summed E-state index contributed by atoms with van der Waals surface area (Å²) in [6.07, 6.45) is 5.97. The zero-order chi connectivity index (χ0) is 31.0. The molecule has 0 spiro atoms. The molecule has 0 bridgehead atoms. The highest BCUT2D eigenvalue weighted by atomic mass is 32.2. The lowest BCUT2D eigenvalue weighted by atomic mass is 9.91. The fourth-order valence-electron chi connectivity index (χ4n) is 6.62. The molecule has 13 heteroatoms. The summed E-state index contributed by atoms with van der Waals surface area (Å²) in [6, 6.07) is 7.96. The number of carbonyl (C=O) groups excluding carboxylic acids is 1. The van der Waals surface area contributed by atoms with Crippen LogP contribution in [0.3, 0.4) is 0 Å². The third-order valence-corrected chi connectivity index (χ3v) is 9.91. The van der Waals surface area contributed by atoms with Gasteiger partial charge in [-0.15, -0.1) is 0 Å². The molecule has 5 heterocycles. The molecule has 0 aliphatic carbocycles. The largest absolute Gasteiger partial charge is 0.378 e. The van der Waals surface area contributed by atoms with Crippen molar-refractivity contribution in [3.05, 3.63) is 54.9 Å². The third-order valence-electron chi connectivity index (χ3n) is 8.83. The number of nitrogens with one attached hydrogen (secondary N) is 1. The van der Waals surface area contributed by atoms with E-state index >= 15 is 0 Å². The molecule has 234 valence electrons. The molecular formula is C31H38FN7O4S. The fraction of sp³-hybridized carbons (Fsp3) is 0.484. The molecule has 2 aromatic heterocycles. The second-order valence-electron chi connectivity index (χ2n) is 12.0. The van der Waals surface area contributed by atoms with Crippen molar-refractivity contribution in [3.63, 3.8) is 0 Å². The van der Waals surface area contributed by atoms with Gasteiger partial charge in [0.05, 0.1) is 18.4 Å². The molecule has 3 fully saturated rings. The number of hydrogen-bond acceptors (Lipinski definition) is 10. The Morgan fingerprint density at radius 2 is 1.91 bits per heavy atom. The first-order chi connectivity index (χ1) is 21.1. The maximum atomic E-state index is 14.5. The number of halogens is 1. The zero-order valence-corrected chi connectivity index (χ0v) is 25.8. The van der Waals surface area contributed by atoms with Crippen molar-refractivity contribution >= 4 is 49.8 Å². The van der Waals surface area contributed by atoms with E-state index in [2.05, 4.69) is 38.9 Å². The summed E-state index contributed by atoms with van der Waals surface area (Å²) in [5.74, 6) is 1.93. The summed E-state index contributed by atoms with van der Waals surface area (Å²) in [6.45, 7) is 7.00. The lowest BCUT2D eigenvalue weighted by Crippen LogP contribution is -2.49. The molecule has 3 aromatic rings. The second-order valence-corrected chi connectivity index (χ2v) is 14.2. The topological polar surface area (TPSA) is 121 Å². The van der Waals surface area contributed by atoms with Gasteiger partial charge in [0.1, 0.15) is 27.6 Å². The van der Waals surface area contributed by atoms with Crippen LogP contribution in [0.15, 0.2) is 49.3 Å². The van der Waals surface area contributed by atoms with Crippen molar-refractivity contribution in [2.75, 3.05) is 73.5 Å². The molecule has 3 aliphatic heterocycles. The maximum Gasteiger partial charge on any atom is 0.245 e. The van der Waals surface area contributed by atoms with Crippen LogP contribution >= 0.6 is 0 Å². The number of benzene rings is 1. The predicted octanol–water partition coefficient (Wildman–Crippen LogP) is 3.31. The normalized spacial score (nSPS) is 22.7. The minimum Gasteiger partial charge on any atom is -0.378 e. The predicted molar refractivity (Wildman–Crippen MR) is 169 cm³/mol. The Morgan fingerprint density at radius 3 is 2.64 bits per heavy atom. The summed E-state index contributed by atoms with van der Waals surface area (Å²) in [4.78, 5) is 31.9. The quantitative estimate of drug-likeness (QED) is 0.356. The number of alkyl halides is 1. The van der Waals surface area contributed by atoms with Gasteiger partial charge in [-0.3, -0.25) is 4.79 Å². The number of anilines is 4. The zero-order valence-electron chi connectivity index (χ0n) is 25.0. The number of aromatic nitrogens is 3. The molecule has 0 unspecified atom stereocenters. The number of sulfone groups is 1. The van der Waals surface area contributed by atoms with Gasteiger partial charge in [-0.1, -0.05) is 12.6 Å². The lowest BCUT2D eigenvalue weighted by Gasteiger charge is -2.41. The number of carbonyl (C=O) groups is 1. The SMILES string of the molecule is C=CC(=O)N1CC[C@@H](c2ccc(N3CC(CS(C)(=O)=O)C3)c3cnc(Nc4ccnc(N5CC[C@@H](OC)[C@@H](F)C5)n4)cc23)C1. The maximum absolute atomic E-state index is 14.5. The van der Waals surface area contributed by atoms with Gasteiger partial charge in [0.25, 0.3) is 0 Å². The van der Waals surface area contributed by atoms with Crippen LogP contribution < -0.4 is 15.1 Å². The van der Waals surface area contributed by atoms with Crippen LogP contribution in [-0.4, -0.2) is 105 Å². The Balaban J connectivity index is 1.28. The molecule has 11 nitrogen and oxygen atoms in total. The number of fused-ring (bicyclic) bond motifs is 1. The van der Waals surface area contributed by atoms with E-state index in [1.54, 1.807) is 12.3 Å². The van der Waals surface area contributed by atoms with Gasteiger partial charge in [0.15, 0.2) is 0 Å². The number of nitrogens with zero attached hydrogens (tertiary/aromatic N) is 6. The molecule has 1 aromatic carbocycles. The highest BCUT2D eigenvalue weighted by molar-refractivity contribution is 7.90. The van der Waals surface area contributed by atoms with E-state index in [1.807, 2.05) is 22.1 Å². The Kier molecular flexibility index (Phi) is 8.42. The minimum absolute atomic E-state index is 0.0694. The first-order valence-corrected chi connectivity index (χ1v) is 17.0. The van der Waals surface area contributed by atoms with Crippen LogP contribution in [0.25, 0.3) is 10.8 Å². The molecule has 0 saturated carbocycles. The van der Waals surface area contributed by atoms with Gasteiger partial charge < -0.3 is 24.8 Å². The van der Waals surface area contributed by atoms with Crippen LogP contribution in [0, 0.1) is 5.92 Å². The van der Waals surface area contributed by atoms with Crippen LogP contribution in [0.5, 0.6) is 0 Å². The summed E-state index contributed by atoms with van der Waals surface area (Å²) < 4.78 is 43.4. The molecule has 3 saturated heterocycles. The van der Waals surface area contributed by atoms with Crippen molar-refractivity contribution in [2.24, 2.45) is 5.92 Å². The number of pyridine rings is 1. The van der Waals surface area contributed by atoms with E-state index in [9.17, 15) is 17.6 Å². The fourth-order valence-corrected chi connectivity index (χ4v) is 7.69. The van der Waals surface area contributed by atoms with Gasteiger partial charge in [-0.25, -0.2) is 22.8 Å². The summed E-state index contributed by atoms with van der Waals surface area (Å²) in [5, 5.41) is 5.29. The summed E-state index contributed by atoms with van der Waals surface area (Å²) in [7, 11) is -1.51. The van der Waals surface area contributed by atoms with Crippen LogP contribution in [-0.2, 0) is 19.4 Å². The first-order valence-electron chi connectivity index (χ1n) is 14.9. The van der Waals surface area contributed by atoms with Crippen molar-refractivity contribution in [2.45, 2.75) is 31.0 Å². The monoisotopic (exact) mass is 623 g/mol. The molecule has 6 rings (SSSR count). The van der Waals surface area contributed by atoms with E-state index < -0.39 is 22.1 Å². The first kappa shape index (κ1) is 30.2. The van der Waals surface area contributed by atoms with Crippen LogP contribution in [0.4, 0.5) is 27.7 Å². The lowest BCUT2D eigenvalue weighted by molar-refractivity contribution is -0.125. The van der Waals surface area contributed by atoms with Crippen LogP contribution in [0.2, 0.25) is 0 Å². The number of ether oxygens (including phenoxy) is 1. The van der Waals surface area contributed by atoms with E-state index in [-0.39, 0.29) is 30.0 Å². The average Bonchev–Trinajstić information content (AvgIpc) is 3.48. The second kappa shape index (κ2) is 12.3. The van der Waals surface area contributed by atoms with Gasteiger partial charge in [0, 0.05) is 81.4 Å². The number of piperidine rings is 1. The number of amides is 1. The van der Waals surface area contributed by atoms with E-state index in [1.165, 1.54) is 19.4 Å². The van der Waals surface area contributed by atoms with Crippen molar-refractivity contribution < 1.29 is 22.3 Å². The molecular weight excluding hydrogens is 585 g/mol. The number of rotatable bonds is 9. The minimum atomic E-state index is -3.04. The van der Waals surface area contributed by atoms with Gasteiger partial charge in [-0.05, 0) is 48.1 Å². The standard InChI is InChI=1S/C31H38FN7O4S/c1-4-30(40)37-11-8-21(17-37)22-5-6-26(39-15-20(16-39)19-44(3,41)42)24-14-34-29(13-23(22)24)35-28-7-10-33-31(36-28)38-12-9-27(43-2)25(32)18-38/h4-7,10,13-14,20-21,25,27H,1,8-9,11-12,15-19H2,2-3H3,(H,33,34,35,36)/t21-,25+,27-/m1/s1. The summed E-state index contributed by atoms with van der Waals surface area (Å²) in [5.41, 5.74) is 2.13. The summed E-state index contributed by atoms with van der Waals surface area (Å²) >= 11 is 0. The Labute approximate surface area is 257 Å². The van der Waals surface area contributed by atoms with E-state index in [4.69, 9.17) is 9.72 Å². The van der Waals surface area contributed by atoms with E-state index in [0.29, 0.717) is 56.7 Å². The van der Waals surface area contributed by atoms with Crippen molar-refractivity contribution in [1.29, 1.82) is 0 Å².